The Kier molecular flexibility index (Phi) is 8.81. The van der Waals surface area contributed by atoms with Crippen molar-refractivity contribution in [2.24, 2.45) is 0 Å². The van der Waals surface area contributed by atoms with Crippen molar-refractivity contribution in [3.63, 3.8) is 0 Å². The number of para-hydroxylation sites is 1. The molecule has 138 valence electrons. The minimum atomic E-state index is -6.00. The van der Waals surface area contributed by atoms with Crippen LogP contribution in [0.4, 0.5) is 17.3 Å². The van der Waals surface area contributed by atoms with Gasteiger partial charge in [0, 0.05) is 37.6 Å². The van der Waals surface area contributed by atoms with E-state index in [1.165, 1.54) is 24.8 Å². The van der Waals surface area contributed by atoms with Crippen molar-refractivity contribution in [2.45, 2.75) is 19.8 Å². The number of unbranched alkanes of at least 4 members (excludes halogenated alkanes) is 1. The summed E-state index contributed by atoms with van der Waals surface area (Å²) in [6.45, 7) is 4.50. The number of pyridine rings is 1. The topological polar surface area (TPSA) is 19.4 Å². The van der Waals surface area contributed by atoms with Gasteiger partial charge in [0.05, 0.1) is 12.2 Å². The van der Waals surface area contributed by atoms with Crippen molar-refractivity contribution in [3.05, 3.63) is 55.0 Å². The van der Waals surface area contributed by atoms with Crippen molar-refractivity contribution >= 4 is 18.2 Å². The Labute approximate surface area is 146 Å². The van der Waals surface area contributed by atoms with Crippen LogP contribution in [0.2, 0.25) is 0 Å². The molecule has 3 rings (SSSR count). The van der Waals surface area contributed by atoms with Crippen LogP contribution in [-0.2, 0) is 0 Å². The zero-order chi connectivity index (χ0) is 18.7. The standard InChI is InChI=1S/C9H7N.C8H16N2.BF4/c1-2-6-9-8(4-1)5-3-7-10-9;1-3-4-5-10-7-6-9(2)8-10;2-1(3,4)5/h1-7H;6-7H,3-5,8H2,1-2H3;/q;;-1. The van der Waals surface area contributed by atoms with E-state index in [9.17, 15) is 17.3 Å². The van der Waals surface area contributed by atoms with E-state index in [0.29, 0.717) is 0 Å². The second-order valence-electron chi connectivity index (χ2n) is 5.55. The molecule has 2 aromatic rings. The molecular weight excluding hydrogens is 333 g/mol. The molecule has 0 saturated heterocycles. The lowest BCUT2D eigenvalue weighted by atomic mass is 10.2. The van der Waals surface area contributed by atoms with Crippen molar-refractivity contribution in [3.8, 4) is 0 Å². The average molecular weight is 356 g/mol. The maximum absolute atomic E-state index is 9.75. The predicted octanol–water partition coefficient (Wildman–Crippen LogP) is 5.00. The Hall–Kier alpha value is -2.25. The van der Waals surface area contributed by atoms with Gasteiger partial charge in [0.2, 0.25) is 0 Å². The minimum absolute atomic E-state index is 1.06. The first-order valence-corrected chi connectivity index (χ1v) is 8.09. The van der Waals surface area contributed by atoms with Gasteiger partial charge in [-0.05, 0) is 18.6 Å². The molecule has 8 heteroatoms. The summed E-state index contributed by atoms with van der Waals surface area (Å²) in [6.07, 6.45) is 8.68. The first-order valence-electron chi connectivity index (χ1n) is 8.09. The normalized spacial score (nSPS) is 13.2. The van der Waals surface area contributed by atoms with Crippen LogP contribution in [0.3, 0.4) is 0 Å². The van der Waals surface area contributed by atoms with E-state index in [4.69, 9.17) is 0 Å². The summed E-state index contributed by atoms with van der Waals surface area (Å²) in [4.78, 5) is 8.71. The molecule has 1 aliphatic heterocycles. The van der Waals surface area contributed by atoms with Gasteiger partial charge in [-0.2, -0.15) is 0 Å². The maximum atomic E-state index is 9.75. The van der Waals surface area contributed by atoms with Crippen LogP contribution in [-0.4, -0.2) is 42.3 Å². The lowest BCUT2D eigenvalue weighted by Gasteiger charge is -2.17. The van der Waals surface area contributed by atoms with Crippen molar-refractivity contribution in [1.29, 1.82) is 0 Å². The smallest absolute Gasteiger partial charge is 0.418 e. The summed E-state index contributed by atoms with van der Waals surface area (Å²) in [5.41, 5.74) is 1.06. The summed E-state index contributed by atoms with van der Waals surface area (Å²) < 4.78 is 39.0. The third-order valence-electron chi connectivity index (χ3n) is 3.25. The van der Waals surface area contributed by atoms with Gasteiger partial charge in [0.15, 0.2) is 0 Å². The molecule has 25 heavy (non-hydrogen) atoms. The van der Waals surface area contributed by atoms with Crippen LogP contribution in [0.25, 0.3) is 10.9 Å². The molecule has 0 atom stereocenters. The molecular formula is C17H23BF4N3-. The zero-order valence-electron chi connectivity index (χ0n) is 14.5. The van der Waals surface area contributed by atoms with Crippen molar-refractivity contribution in [2.75, 3.05) is 20.3 Å². The molecule has 1 aromatic heterocycles. The van der Waals surface area contributed by atoms with Gasteiger partial charge in [-0.1, -0.05) is 37.6 Å². The molecule has 0 fully saturated rings. The maximum Gasteiger partial charge on any atom is 0.673 e. The largest absolute Gasteiger partial charge is 0.673 e. The molecule has 3 nitrogen and oxygen atoms in total. The SMILES string of the molecule is CCCCN1C=CN(C)C1.F[B-](F)(F)F.c1ccc2ncccc2c1. The van der Waals surface area contributed by atoms with Crippen molar-refractivity contribution < 1.29 is 17.3 Å². The second kappa shape index (κ2) is 10.6. The Balaban J connectivity index is 0.000000200. The van der Waals surface area contributed by atoms with Gasteiger partial charge in [0.25, 0.3) is 0 Å². The Bertz CT molecular complexity index is 578. The van der Waals surface area contributed by atoms with Gasteiger partial charge >= 0.3 is 7.25 Å². The molecule has 0 radical (unpaired) electrons. The highest BCUT2D eigenvalue weighted by Crippen LogP contribution is 2.08. The molecule has 2 heterocycles. The van der Waals surface area contributed by atoms with E-state index in [1.807, 2.05) is 30.5 Å². The van der Waals surface area contributed by atoms with Gasteiger partial charge < -0.3 is 27.1 Å². The van der Waals surface area contributed by atoms with Crippen LogP contribution < -0.4 is 0 Å². The summed E-state index contributed by atoms with van der Waals surface area (Å²) in [5.74, 6) is 0. The minimum Gasteiger partial charge on any atom is -0.418 e. The van der Waals surface area contributed by atoms with E-state index in [-0.39, 0.29) is 0 Å². The molecule has 0 unspecified atom stereocenters. The van der Waals surface area contributed by atoms with Crippen LogP contribution in [0.5, 0.6) is 0 Å². The van der Waals surface area contributed by atoms with E-state index < -0.39 is 7.25 Å². The molecule has 0 saturated carbocycles. The number of hydrogen-bond acceptors (Lipinski definition) is 3. The van der Waals surface area contributed by atoms with E-state index in [2.05, 4.69) is 53.3 Å². The van der Waals surface area contributed by atoms with Crippen LogP contribution >= 0.6 is 0 Å². The molecule has 0 amide bonds. The monoisotopic (exact) mass is 356 g/mol. The number of benzene rings is 1. The van der Waals surface area contributed by atoms with Gasteiger partial charge in [-0.25, -0.2) is 0 Å². The van der Waals surface area contributed by atoms with Crippen molar-refractivity contribution in [1.82, 2.24) is 14.8 Å². The highest BCUT2D eigenvalue weighted by atomic mass is 19.5. The first-order chi connectivity index (χ1) is 11.8. The average Bonchev–Trinajstić information content (AvgIpc) is 2.97. The second-order valence-corrected chi connectivity index (χ2v) is 5.55. The van der Waals surface area contributed by atoms with Crippen LogP contribution in [0.15, 0.2) is 55.0 Å². The Morgan fingerprint density at radius 3 is 2.24 bits per heavy atom. The summed E-state index contributed by atoms with van der Waals surface area (Å²) in [6, 6.07) is 12.1. The number of fused-ring (bicyclic) bond motifs is 1. The summed E-state index contributed by atoms with van der Waals surface area (Å²) >= 11 is 0. The van der Waals surface area contributed by atoms with Crippen LogP contribution in [0, 0.1) is 0 Å². The fourth-order valence-electron chi connectivity index (χ4n) is 2.11. The number of nitrogens with zero attached hydrogens (tertiary/aromatic N) is 3. The van der Waals surface area contributed by atoms with E-state index >= 15 is 0 Å². The Morgan fingerprint density at radius 2 is 1.68 bits per heavy atom. The van der Waals surface area contributed by atoms with Crippen LogP contribution in [0.1, 0.15) is 19.8 Å². The molecule has 1 aromatic carbocycles. The predicted molar refractivity (Wildman–Crippen MR) is 95.3 cm³/mol. The fraction of sp³-hybridized carbons (Fsp3) is 0.353. The van der Waals surface area contributed by atoms with Gasteiger partial charge in [0.1, 0.15) is 0 Å². The third kappa shape index (κ3) is 10.3. The van der Waals surface area contributed by atoms with Gasteiger partial charge in [-0.15, -0.1) is 0 Å². The number of hydrogen-bond donors (Lipinski definition) is 0. The quantitative estimate of drug-likeness (QED) is 0.570. The summed E-state index contributed by atoms with van der Waals surface area (Å²) in [7, 11) is -3.90. The number of aromatic nitrogens is 1. The fourth-order valence-corrected chi connectivity index (χ4v) is 2.11. The molecule has 0 aliphatic carbocycles. The highest BCUT2D eigenvalue weighted by Gasteiger charge is 2.20. The zero-order valence-corrected chi connectivity index (χ0v) is 14.5. The number of rotatable bonds is 3. The van der Waals surface area contributed by atoms with E-state index in [1.54, 1.807) is 0 Å². The lowest BCUT2D eigenvalue weighted by Crippen LogP contribution is -2.23. The molecule has 0 spiro atoms. The third-order valence-corrected chi connectivity index (χ3v) is 3.25. The molecule has 0 N–H and O–H groups in total. The summed E-state index contributed by atoms with van der Waals surface area (Å²) in [5, 5.41) is 1.20. The van der Waals surface area contributed by atoms with E-state index in [0.717, 1.165) is 12.2 Å². The highest BCUT2D eigenvalue weighted by molar-refractivity contribution is 6.50. The first kappa shape index (κ1) is 20.8. The number of halogens is 4. The lowest BCUT2D eigenvalue weighted by molar-refractivity contribution is 0.293. The molecule has 1 aliphatic rings. The molecule has 0 bridgehead atoms. The van der Waals surface area contributed by atoms with Gasteiger partial charge in [-0.3, -0.25) is 4.98 Å². The Morgan fingerprint density at radius 1 is 1.04 bits per heavy atom.